The number of piperidine rings is 1. The zero-order valence-electron chi connectivity index (χ0n) is 13.7. The maximum absolute atomic E-state index is 12.8. The highest BCUT2D eigenvalue weighted by atomic mass is 16.2. The summed E-state index contributed by atoms with van der Waals surface area (Å²) in [6.45, 7) is 0.934. The van der Waals surface area contributed by atoms with Gasteiger partial charge in [0.1, 0.15) is 6.54 Å². The summed E-state index contributed by atoms with van der Waals surface area (Å²) in [5.74, 6) is -0.214. The van der Waals surface area contributed by atoms with Gasteiger partial charge in [0.05, 0.1) is 24.5 Å². The molecule has 1 aromatic heterocycles. The minimum absolute atomic E-state index is 0.0177. The Bertz CT molecular complexity index is 696. The minimum Gasteiger partial charge on any atom is -0.320 e. The third kappa shape index (κ3) is 2.65. The van der Waals surface area contributed by atoms with E-state index in [1.807, 2.05) is 4.90 Å². The molecule has 2 saturated heterocycles. The number of aromatic nitrogens is 2. The molecule has 3 aliphatic rings. The topological polar surface area (TPSA) is 78.8 Å². The van der Waals surface area contributed by atoms with E-state index in [9.17, 15) is 14.4 Å². The highest BCUT2D eigenvalue weighted by Crippen LogP contribution is 2.31. The standard InChI is InChI=1S/C16H21N5O3/c1-18-8-13(6-17-18)20-7-11(2-5-14(20)22)16(24)19-9-15(23)21(10-19)12-3-4-12/h6,8,11-12H,2-5,7,9-10H2,1H3. The molecule has 24 heavy (non-hydrogen) atoms. The molecular weight excluding hydrogens is 310 g/mol. The van der Waals surface area contributed by atoms with Gasteiger partial charge in [0.2, 0.25) is 17.7 Å². The summed E-state index contributed by atoms with van der Waals surface area (Å²) in [4.78, 5) is 42.1. The maximum Gasteiger partial charge on any atom is 0.243 e. The Morgan fingerprint density at radius 1 is 1.21 bits per heavy atom. The van der Waals surface area contributed by atoms with Crippen LogP contribution in [-0.4, -0.2) is 63.1 Å². The van der Waals surface area contributed by atoms with Crippen LogP contribution in [0.1, 0.15) is 25.7 Å². The van der Waals surface area contributed by atoms with E-state index in [-0.39, 0.29) is 30.2 Å². The average Bonchev–Trinajstić information content (AvgIpc) is 3.20. The molecule has 0 radical (unpaired) electrons. The number of rotatable bonds is 3. The summed E-state index contributed by atoms with van der Waals surface area (Å²) in [7, 11) is 1.79. The molecule has 8 nitrogen and oxygen atoms in total. The highest BCUT2D eigenvalue weighted by Gasteiger charge is 2.42. The van der Waals surface area contributed by atoms with Crippen molar-refractivity contribution in [3.05, 3.63) is 12.4 Å². The summed E-state index contributed by atoms with van der Waals surface area (Å²) in [5, 5.41) is 4.10. The van der Waals surface area contributed by atoms with Crippen molar-refractivity contribution in [3.8, 4) is 0 Å². The normalized spacial score (nSPS) is 24.9. The van der Waals surface area contributed by atoms with Crippen LogP contribution < -0.4 is 4.90 Å². The van der Waals surface area contributed by atoms with Gasteiger partial charge in [-0.3, -0.25) is 19.1 Å². The predicted octanol–water partition coefficient (Wildman–Crippen LogP) is -0.0462. The van der Waals surface area contributed by atoms with Gasteiger partial charge in [0.15, 0.2) is 0 Å². The lowest BCUT2D eigenvalue weighted by atomic mass is 9.96. The quantitative estimate of drug-likeness (QED) is 0.778. The number of carbonyl (C=O) groups excluding carboxylic acids is 3. The Hall–Kier alpha value is -2.38. The number of hydrogen-bond donors (Lipinski definition) is 0. The van der Waals surface area contributed by atoms with Crippen molar-refractivity contribution in [2.24, 2.45) is 13.0 Å². The first-order valence-electron chi connectivity index (χ1n) is 8.40. The number of carbonyl (C=O) groups is 3. The zero-order chi connectivity index (χ0) is 16.8. The molecule has 0 spiro atoms. The van der Waals surface area contributed by atoms with Crippen molar-refractivity contribution in [3.63, 3.8) is 0 Å². The molecule has 0 N–H and O–H groups in total. The van der Waals surface area contributed by atoms with Crippen LogP contribution in [0.15, 0.2) is 12.4 Å². The lowest BCUT2D eigenvalue weighted by Gasteiger charge is -2.32. The third-order valence-corrected chi connectivity index (χ3v) is 5.03. The molecule has 0 bridgehead atoms. The molecular formula is C16H21N5O3. The van der Waals surface area contributed by atoms with Gasteiger partial charge in [-0.1, -0.05) is 0 Å². The van der Waals surface area contributed by atoms with Crippen molar-refractivity contribution in [2.75, 3.05) is 24.7 Å². The third-order valence-electron chi connectivity index (χ3n) is 5.03. The summed E-state index contributed by atoms with van der Waals surface area (Å²) < 4.78 is 1.64. The Balaban J connectivity index is 1.45. The Kier molecular flexibility index (Phi) is 3.54. The van der Waals surface area contributed by atoms with Gasteiger partial charge in [-0.2, -0.15) is 5.10 Å². The van der Waals surface area contributed by atoms with E-state index in [2.05, 4.69) is 5.10 Å². The molecule has 3 heterocycles. The average molecular weight is 331 g/mol. The largest absolute Gasteiger partial charge is 0.320 e. The highest BCUT2D eigenvalue weighted by molar-refractivity contribution is 5.96. The Morgan fingerprint density at radius 3 is 2.67 bits per heavy atom. The molecule has 8 heteroatoms. The van der Waals surface area contributed by atoms with Gasteiger partial charge in [-0.15, -0.1) is 0 Å². The van der Waals surface area contributed by atoms with E-state index in [0.29, 0.717) is 32.1 Å². The molecule has 3 fully saturated rings. The fourth-order valence-corrected chi connectivity index (χ4v) is 3.52. The van der Waals surface area contributed by atoms with Gasteiger partial charge in [0, 0.05) is 32.3 Å². The summed E-state index contributed by atoms with van der Waals surface area (Å²) in [6.07, 6.45) is 6.39. The molecule has 1 atom stereocenters. The van der Waals surface area contributed by atoms with Crippen molar-refractivity contribution >= 4 is 23.4 Å². The van der Waals surface area contributed by atoms with Gasteiger partial charge in [-0.25, -0.2) is 0 Å². The van der Waals surface area contributed by atoms with Gasteiger partial charge >= 0.3 is 0 Å². The van der Waals surface area contributed by atoms with E-state index < -0.39 is 0 Å². The van der Waals surface area contributed by atoms with Gasteiger partial charge in [0.25, 0.3) is 0 Å². The monoisotopic (exact) mass is 331 g/mol. The predicted molar refractivity (Wildman–Crippen MR) is 84.7 cm³/mol. The molecule has 1 aromatic rings. The van der Waals surface area contributed by atoms with Crippen LogP contribution >= 0.6 is 0 Å². The number of amides is 3. The summed E-state index contributed by atoms with van der Waals surface area (Å²) in [5.41, 5.74) is 0.720. The SMILES string of the molecule is Cn1cc(N2CC(C(=O)N3CC(=O)N(C4CC4)C3)CCC2=O)cn1. The lowest BCUT2D eigenvalue weighted by Crippen LogP contribution is -2.47. The fourth-order valence-electron chi connectivity index (χ4n) is 3.52. The summed E-state index contributed by atoms with van der Waals surface area (Å²) >= 11 is 0. The van der Waals surface area contributed by atoms with E-state index in [4.69, 9.17) is 0 Å². The summed E-state index contributed by atoms with van der Waals surface area (Å²) in [6, 6.07) is 0.329. The van der Waals surface area contributed by atoms with Crippen molar-refractivity contribution in [2.45, 2.75) is 31.7 Å². The molecule has 0 aromatic carbocycles. The Labute approximate surface area is 140 Å². The molecule has 1 saturated carbocycles. The zero-order valence-corrected chi connectivity index (χ0v) is 13.7. The fraction of sp³-hybridized carbons (Fsp3) is 0.625. The molecule has 2 aliphatic heterocycles. The van der Waals surface area contributed by atoms with E-state index in [1.165, 1.54) is 0 Å². The number of nitrogens with zero attached hydrogens (tertiary/aromatic N) is 5. The van der Waals surface area contributed by atoms with Crippen LogP contribution in [0.5, 0.6) is 0 Å². The van der Waals surface area contributed by atoms with Gasteiger partial charge in [-0.05, 0) is 19.3 Å². The molecule has 1 aliphatic carbocycles. The van der Waals surface area contributed by atoms with Crippen LogP contribution in [-0.2, 0) is 21.4 Å². The van der Waals surface area contributed by atoms with Crippen molar-refractivity contribution in [1.29, 1.82) is 0 Å². The lowest BCUT2D eigenvalue weighted by molar-refractivity contribution is -0.136. The number of anilines is 1. The first-order valence-corrected chi connectivity index (χ1v) is 8.40. The number of aryl methyl sites for hydroxylation is 1. The van der Waals surface area contributed by atoms with E-state index in [1.54, 1.807) is 33.9 Å². The van der Waals surface area contributed by atoms with Crippen LogP contribution in [0.4, 0.5) is 5.69 Å². The first kappa shape index (κ1) is 15.2. The number of hydrogen-bond acceptors (Lipinski definition) is 4. The van der Waals surface area contributed by atoms with E-state index >= 15 is 0 Å². The molecule has 128 valence electrons. The maximum atomic E-state index is 12.8. The van der Waals surface area contributed by atoms with Gasteiger partial charge < -0.3 is 14.7 Å². The van der Waals surface area contributed by atoms with Crippen LogP contribution in [0.3, 0.4) is 0 Å². The molecule has 4 rings (SSSR count). The van der Waals surface area contributed by atoms with Crippen LogP contribution in [0, 0.1) is 5.92 Å². The second kappa shape index (κ2) is 5.61. The van der Waals surface area contributed by atoms with Crippen molar-refractivity contribution in [1.82, 2.24) is 19.6 Å². The van der Waals surface area contributed by atoms with Crippen LogP contribution in [0.2, 0.25) is 0 Å². The van der Waals surface area contributed by atoms with Crippen LogP contribution in [0.25, 0.3) is 0 Å². The van der Waals surface area contributed by atoms with E-state index in [0.717, 1.165) is 18.5 Å². The second-order valence-corrected chi connectivity index (χ2v) is 6.88. The molecule has 3 amide bonds. The minimum atomic E-state index is -0.255. The Morgan fingerprint density at radius 2 is 2.00 bits per heavy atom. The molecule has 1 unspecified atom stereocenters. The smallest absolute Gasteiger partial charge is 0.243 e. The van der Waals surface area contributed by atoms with Crippen molar-refractivity contribution < 1.29 is 14.4 Å². The second-order valence-electron chi connectivity index (χ2n) is 6.88. The first-order chi connectivity index (χ1) is 11.5.